The number of hydrogen-bond donors (Lipinski definition) is 2. The summed E-state index contributed by atoms with van der Waals surface area (Å²) in [5.41, 5.74) is 1.06. The third-order valence-electron chi connectivity index (χ3n) is 2.54. The first-order chi connectivity index (χ1) is 7.50. The van der Waals surface area contributed by atoms with Gasteiger partial charge in [0.25, 0.3) is 0 Å². The van der Waals surface area contributed by atoms with Crippen LogP contribution in [0.1, 0.15) is 30.3 Å². The Bertz CT molecular complexity index is 343. The van der Waals surface area contributed by atoms with Crippen LogP contribution in [0.2, 0.25) is 0 Å². The maximum Gasteiger partial charge on any atom is 0.306 e. The van der Waals surface area contributed by atoms with Gasteiger partial charge in [0.2, 0.25) is 0 Å². The number of carboxylic acid groups (broad SMARTS) is 1. The number of nitrogens with one attached hydrogen (secondary N) is 1. The minimum absolute atomic E-state index is 0.262. The van der Waals surface area contributed by atoms with Crippen molar-refractivity contribution in [2.45, 2.75) is 33.6 Å². The molecular weight excluding hydrogens is 224 g/mol. The summed E-state index contributed by atoms with van der Waals surface area (Å²) in [5, 5.41) is 12.9. The molecule has 0 saturated carbocycles. The Morgan fingerprint density at radius 3 is 2.75 bits per heavy atom. The van der Waals surface area contributed by atoms with E-state index in [1.165, 1.54) is 4.88 Å². The minimum atomic E-state index is -0.721. The minimum Gasteiger partial charge on any atom is -0.481 e. The van der Waals surface area contributed by atoms with Gasteiger partial charge in [-0.25, -0.2) is 4.98 Å². The van der Waals surface area contributed by atoms with Crippen LogP contribution >= 0.6 is 11.3 Å². The van der Waals surface area contributed by atoms with Crippen LogP contribution in [-0.4, -0.2) is 22.6 Å². The van der Waals surface area contributed by atoms with Crippen LogP contribution < -0.4 is 5.32 Å². The summed E-state index contributed by atoms with van der Waals surface area (Å²) >= 11 is 1.64. The molecule has 0 amide bonds. The molecule has 0 aliphatic carbocycles. The van der Waals surface area contributed by atoms with E-state index in [0.717, 1.165) is 23.8 Å². The van der Waals surface area contributed by atoms with Crippen molar-refractivity contribution in [1.29, 1.82) is 0 Å². The molecule has 0 bridgehead atoms. The van der Waals surface area contributed by atoms with E-state index in [0.29, 0.717) is 6.42 Å². The van der Waals surface area contributed by atoms with E-state index in [1.807, 2.05) is 13.8 Å². The van der Waals surface area contributed by atoms with Crippen LogP contribution in [0.25, 0.3) is 0 Å². The molecule has 1 unspecified atom stereocenters. The van der Waals surface area contributed by atoms with E-state index in [1.54, 1.807) is 18.3 Å². The maximum absolute atomic E-state index is 10.6. The van der Waals surface area contributed by atoms with Gasteiger partial charge < -0.3 is 10.4 Å². The summed E-state index contributed by atoms with van der Waals surface area (Å²) in [6, 6.07) is 0. The fourth-order valence-corrected chi connectivity index (χ4v) is 2.12. The summed E-state index contributed by atoms with van der Waals surface area (Å²) in [6.45, 7) is 6.55. The van der Waals surface area contributed by atoms with Gasteiger partial charge in [-0.1, -0.05) is 6.92 Å². The number of anilines is 1. The molecule has 1 rings (SSSR count). The smallest absolute Gasteiger partial charge is 0.306 e. The number of aromatic nitrogens is 1. The van der Waals surface area contributed by atoms with Crippen molar-refractivity contribution in [2.24, 2.45) is 5.92 Å². The fraction of sp³-hybridized carbons (Fsp3) is 0.636. The summed E-state index contributed by atoms with van der Waals surface area (Å²) < 4.78 is 0. The zero-order chi connectivity index (χ0) is 12.1. The topological polar surface area (TPSA) is 62.2 Å². The SMILES string of the molecule is Cc1nc(NCCCC(C)C(=O)O)sc1C. The zero-order valence-electron chi connectivity index (χ0n) is 9.91. The predicted octanol–water partition coefficient (Wildman–Crippen LogP) is 2.67. The molecule has 0 saturated heterocycles. The fourth-order valence-electron chi connectivity index (χ4n) is 1.28. The van der Waals surface area contributed by atoms with Gasteiger partial charge in [0, 0.05) is 11.4 Å². The Hall–Kier alpha value is -1.10. The largest absolute Gasteiger partial charge is 0.481 e. The van der Waals surface area contributed by atoms with Crippen LogP contribution in [-0.2, 0) is 4.79 Å². The van der Waals surface area contributed by atoms with Crippen molar-refractivity contribution in [1.82, 2.24) is 4.98 Å². The molecule has 0 aliphatic rings. The van der Waals surface area contributed by atoms with Crippen molar-refractivity contribution in [3.8, 4) is 0 Å². The first-order valence-electron chi connectivity index (χ1n) is 5.41. The van der Waals surface area contributed by atoms with Crippen LogP contribution in [0.5, 0.6) is 0 Å². The number of carbonyl (C=O) groups is 1. The molecule has 1 atom stereocenters. The Morgan fingerprint density at radius 2 is 2.25 bits per heavy atom. The molecule has 0 spiro atoms. The number of hydrogen-bond acceptors (Lipinski definition) is 4. The first-order valence-corrected chi connectivity index (χ1v) is 6.23. The van der Waals surface area contributed by atoms with Crippen molar-refractivity contribution in [3.05, 3.63) is 10.6 Å². The van der Waals surface area contributed by atoms with Crippen molar-refractivity contribution in [2.75, 3.05) is 11.9 Å². The molecule has 1 aromatic heterocycles. The van der Waals surface area contributed by atoms with Crippen molar-refractivity contribution >= 4 is 22.4 Å². The van der Waals surface area contributed by atoms with Crippen LogP contribution in [0.4, 0.5) is 5.13 Å². The second-order valence-electron chi connectivity index (χ2n) is 3.97. The average Bonchev–Trinajstić information content (AvgIpc) is 2.53. The molecule has 2 N–H and O–H groups in total. The van der Waals surface area contributed by atoms with Crippen molar-refractivity contribution in [3.63, 3.8) is 0 Å². The third kappa shape index (κ3) is 3.81. The van der Waals surface area contributed by atoms with Gasteiger partial charge in [0.1, 0.15) is 0 Å². The molecule has 0 aliphatic heterocycles. The standard InChI is InChI=1S/C11H18N2O2S/c1-7(10(14)15)5-4-6-12-11-13-8(2)9(3)16-11/h7H,4-6H2,1-3H3,(H,12,13)(H,14,15). The quantitative estimate of drug-likeness (QED) is 0.753. The summed E-state index contributed by atoms with van der Waals surface area (Å²) in [7, 11) is 0. The molecule has 1 heterocycles. The van der Waals surface area contributed by atoms with E-state index in [2.05, 4.69) is 10.3 Å². The van der Waals surface area contributed by atoms with Crippen LogP contribution in [0.15, 0.2) is 0 Å². The molecular formula is C11H18N2O2S. The molecule has 90 valence electrons. The normalized spacial score (nSPS) is 12.4. The van der Waals surface area contributed by atoms with Gasteiger partial charge in [-0.05, 0) is 26.7 Å². The third-order valence-corrected chi connectivity index (χ3v) is 3.57. The Labute approximate surface area is 99.7 Å². The van der Waals surface area contributed by atoms with E-state index in [9.17, 15) is 4.79 Å². The number of nitrogens with zero attached hydrogens (tertiary/aromatic N) is 1. The highest BCUT2D eigenvalue weighted by molar-refractivity contribution is 7.15. The lowest BCUT2D eigenvalue weighted by molar-refractivity contribution is -0.141. The molecule has 0 aromatic carbocycles. The highest BCUT2D eigenvalue weighted by atomic mass is 32.1. The lowest BCUT2D eigenvalue weighted by Crippen LogP contribution is -2.11. The molecule has 4 nitrogen and oxygen atoms in total. The van der Waals surface area contributed by atoms with Crippen LogP contribution in [0.3, 0.4) is 0 Å². The van der Waals surface area contributed by atoms with Gasteiger partial charge in [-0.2, -0.15) is 0 Å². The van der Waals surface area contributed by atoms with Gasteiger partial charge >= 0.3 is 5.97 Å². The first kappa shape index (κ1) is 13.0. The van der Waals surface area contributed by atoms with Crippen molar-refractivity contribution < 1.29 is 9.90 Å². The molecule has 5 heteroatoms. The lowest BCUT2D eigenvalue weighted by Gasteiger charge is -2.05. The Kier molecular flexibility index (Phi) is 4.73. The van der Waals surface area contributed by atoms with E-state index >= 15 is 0 Å². The second-order valence-corrected chi connectivity index (χ2v) is 5.17. The number of aliphatic carboxylic acids is 1. The lowest BCUT2D eigenvalue weighted by atomic mass is 10.1. The number of thiazole rings is 1. The van der Waals surface area contributed by atoms with Gasteiger partial charge in [-0.15, -0.1) is 11.3 Å². The van der Waals surface area contributed by atoms with E-state index in [-0.39, 0.29) is 5.92 Å². The summed E-state index contributed by atoms with van der Waals surface area (Å²) in [6.07, 6.45) is 1.55. The maximum atomic E-state index is 10.6. The molecule has 1 aromatic rings. The number of carboxylic acids is 1. The second kappa shape index (κ2) is 5.84. The van der Waals surface area contributed by atoms with Gasteiger partial charge in [0.15, 0.2) is 5.13 Å². The Morgan fingerprint density at radius 1 is 1.56 bits per heavy atom. The van der Waals surface area contributed by atoms with Crippen LogP contribution in [0, 0.1) is 19.8 Å². The highest BCUT2D eigenvalue weighted by Gasteiger charge is 2.09. The highest BCUT2D eigenvalue weighted by Crippen LogP contribution is 2.21. The van der Waals surface area contributed by atoms with Gasteiger partial charge in [-0.3, -0.25) is 4.79 Å². The summed E-state index contributed by atoms with van der Waals surface area (Å²) in [4.78, 5) is 16.2. The van der Waals surface area contributed by atoms with E-state index in [4.69, 9.17) is 5.11 Å². The van der Waals surface area contributed by atoms with E-state index < -0.39 is 5.97 Å². The Balaban J connectivity index is 2.23. The van der Waals surface area contributed by atoms with Gasteiger partial charge in [0.05, 0.1) is 11.6 Å². The molecule has 0 fully saturated rings. The summed E-state index contributed by atoms with van der Waals surface area (Å²) in [5.74, 6) is -0.984. The predicted molar refractivity (Wildman–Crippen MR) is 66.1 cm³/mol. The molecule has 0 radical (unpaired) electrons. The number of aryl methyl sites for hydroxylation is 2. The molecule has 16 heavy (non-hydrogen) atoms. The zero-order valence-corrected chi connectivity index (χ0v) is 10.7. The monoisotopic (exact) mass is 242 g/mol. The number of rotatable bonds is 6. The average molecular weight is 242 g/mol.